The molecule has 0 bridgehead atoms. The fourth-order valence-electron chi connectivity index (χ4n) is 3.22. The van der Waals surface area contributed by atoms with Crippen LogP contribution in [0, 0.1) is 5.41 Å². The minimum absolute atomic E-state index is 0.0334. The molecule has 0 aromatic carbocycles. The lowest BCUT2D eigenvalue weighted by atomic mass is 9.88. The molecule has 0 spiro atoms. The van der Waals surface area contributed by atoms with Gasteiger partial charge in [0.25, 0.3) is 0 Å². The van der Waals surface area contributed by atoms with Crippen LogP contribution in [0.5, 0.6) is 0 Å². The number of hydrogen-bond acceptors (Lipinski definition) is 4. The Kier molecular flexibility index (Phi) is 9.67. The molecule has 6 heteroatoms. The van der Waals surface area contributed by atoms with Gasteiger partial charge in [-0.2, -0.15) is 0 Å². The Morgan fingerprint density at radius 2 is 1.70 bits per heavy atom. The van der Waals surface area contributed by atoms with Gasteiger partial charge in [0.15, 0.2) is 5.78 Å². The van der Waals surface area contributed by atoms with Gasteiger partial charge in [-0.05, 0) is 19.3 Å². The van der Waals surface area contributed by atoms with Crippen LogP contribution in [0.4, 0.5) is 0 Å². The molecular weight excluding hydrogens is 344 g/mol. The molecule has 6 nitrogen and oxygen atoms in total. The van der Waals surface area contributed by atoms with Crippen LogP contribution in [-0.2, 0) is 19.2 Å². The molecule has 154 valence electrons. The number of Topliss-reactive ketones (excluding diaryl/α,β-unsaturated/α-hetero) is 2. The number of hydrogen-bond donors (Lipinski definition) is 1. The van der Waals surface area contributed by atoms with E-state index in [-0.39, 0.29) is 42.8 Å². The highest BCUT2D eigenvalue weighted by molar-refractivity contribution is 5.93. The van der Waals surface area contributed by atoms with Crippen LogP contribution in [0.3, 0.4) is 0 Å². The summed E-state index contributed by atoms with van der Waals surface area (Å²) >= 11 is 0. The van der Waals surface area contributed by atoms with E-state index in [1.54, 1.807) is 4.90 Å². The second kappa shape index (κ2) is 11.2. The van der Waals surface area contributed by atoms with E-state index in [4.69, 9.17) is 0 Å². The van der Waals surface area contributed by atoms with Crippen molar-refractivity contribution in [2.75, 3.05) is 13.1 Å². The van der Waals surface area contributed by atoms with Gasteiger partial charge in [0.05, 0.1) is 6.54 Å². The standard InChI is InChI=1S/C21H36N2O4/c1-5-6-7-8-10-16(24)15-22-20(27)17-11-9-14-23(17)19(26)13-12-18(25)21(2,3)4/h17H,5-15H2,1-4H3,(H,22,27)/t17-/m0/s1. The first-order valence-corrected chi connectivity index (χ1v) is 10.3. The van der Waals surface area contributed by atoms with E-state index in [0.717, 1.165) is 32.1 Å². The van der Waals surface area contributed by atoms with Gasteiger partial charge in [0.2, 0.25) is 11.8 Å². The Labute approximate surface area is 163 Å². The van der Waals surface area contributed by atoms with Gasteiger partial charge in [-0.3, -0.25) is 19.2 Å². The fraction of sp³-hybridized carbons (Fsp3) is 0.810. The Balaban J connectivity index is 2.42. The summed E-state index contributed by atoms with van der Waals surface area (Å²) in [6.45, 7) is 8.20. The zero-order valence-electron chi connectivity index (χ0n) is 17.4. The maximum absolute atomic E-state index is 12.5. The molecule has 1 rings (SSSR count). The van der Waals surface area contributed by atoms with Crippen molar-refractivity contribution in [2.24, 2.45) is 5.41 Å². The van der Waals surface area contributed by atoms with Crippen molar-refractivity contribution in [3.8, 4) is 0 Å². The first-order chi connectivity index (χ1) is 12.7. The Morgan fingerprint density at radius 1 is 1.00 bits per heavy atom. The summed E-state index contributed by atoms with van der Waals surface area (Å²) in [5.74, 6) is -0.336. The number of nitrogens with one attached hydrogen (secondary N) is 1. The summed E-state index contributed by atoms with van der Waals surface area (Å²) in [6, 6.07) is -0.518. The molecule has 1 atom stereocenters. The highest BCUT2D eigenvalue weighted by Gasteiger charge is 2.34. The molecule has 0 radical (unpaired) electrons. The number of rotatable bonds is 11. The lowest BCUT2D eigenvalue weighted by Crippen LogP contribution is -2.47. The predicted octanol–water partition coefficient (Wildman–Crippen LogP) is 3.03. The maximum Gasteiger partial charge on any atom is 0.243 e. The monoisotopic (exact) mass is 380 g/mol. The lowest BCUT2D eigenvalue weighted by Gasteiger charge is -2.24. The minimum atomic E-state index is -0.518. The minimum Gasteiger partial charge on any atom is -0.347 e. The molecule has 0 aromatic heterocycles. The number of ketones is 2. The molecule has 27 heavy (non-hydrogen) atoms. The predicted molar refractivity (Wildman–Crippen MR) is 105 cm³/mol. The average molecular weight is 381 g/mol. The number of unbranched alkanes of at least 4 members (excludes halogenated alkanes) is 3. The Hall–Kier alpha value is -1.72. The highest BCUT2D eigenvalue weighted by Crippen LogP contribution is 2.21. The number of amides is 2. The van der Waals surface area contributed by atoms with Crippen molar-refractivity contribution in [1.82, 2.24) is 10.2 Å². The number of likely N-dealkylation sites (tertiary alicyclic amines) is 1. The first-order valence-electron chi connectivity index (χ1n) is 10.3. The summed E-state index contributed by atoms with van der Waals surface area (Å²) in [5.41, 5.74) is -0.459. The van der Waals surface area contributed by atoms with Crippen LogP contribution in [0.25, 0.3) is 0 Å². The van der Waals surface area contributed by atoms with E-state index in [0.29, 0.717) is 19.4 Å². The first kappa shape index (κ1) is 23.3. The smallest absolute Gasteiger partial charge is 0.243 e. The molecule has 1 aliphatic rings. The zero-order valence-corrected chi connectivity index (χ0v) is 17.4. The van der Waals surface area contributed by atoms with Crippen LogP contribution >= 0.6 is 0 Å². The van der Waals surface area contributed by atoms with E-state index in [9.17, 15) is 19.2 Å². The largest absolute Gasteiger partial charge is 0.347 e. The van der Waals surface area contributed by atoms with Gasteiger partial charge < -0.3 is 10.2 Å². The van der Waals surface area contributed by atoms with E-state index in [1.807, 2.05) is 20.8 Å². The normalized spacial score (nSPS) is 17.0. The summed E-state index contributed by atoms with van der Waals surface area (Å²) in [5, 5.41) is 2.69. The van der Waals surface area contributed by atoms with Crippen molar-refractivity contribution >= 4 is 23.4 Å². The second-order valence-corrected chi connectivity index (χ2v) is 8.49. The molecule has 1 heterocycles. The maximum atomic E-state index is 12.5. The summed E-state index contributed by atoms with van der Waals surface area (Å²) in [7, 11) is 0. The van der Waals surface area contributed by atoms with Crippen molar-refractivity contribution in [3.05, 3.63) is 0 Å². The van der Waals surface area contributed by atoms with Crippen LogP contribution < -0.4 is 5.32 Å². The van der Waals surface area contributed by atoms with Crippen LogP contribution in [0.15, 0.2) is 0 Å². The van der Waals surface area contributed by atoms with Crippen molar-refractivity contribution in [3.63, 3.8) is 0 Å². The number of carbonyl (C=O) groups is 4. The molecule has 0 unspecified atom stereocenters. The quantitative estimate of drug-likeness (QED) is 0.559. The Bertz CT molecular complexity index is 537. The summed E-state index contributed by atoms with van der Waals surface area (Å²) < 4.78 is 0. The van der Waals surface area contributed by atoms with Gasteiger partial charge in [-0.1, -0.05) is 47.0 Å². The molecule has 0 aliphatic carbocycles. The topological polar surface area (TPSA) is 83.6 Å². The van der Waals surface area contributed by atoms with Crippen molar-refractivity contribution in [2.45, 2.75) is 91.5 Å². The summed E-state index contributed by atoms with van der Waals surface area (Å²) in [4.78, 5) is 50.3. The van der Waals surface area contributed by atoms with Crippen LogP contribution in [0.1, 0.15) is 85.5 Å². The van der Waals surface area contributed by atoms with Gasteiger partial charge in [-0.25, -0.2) is 0 Å². The Morgan fingerprint density at radius 3 is 2.33 bits per heavy atom. The molecule has 1 aliphatic heterocycles. The molecule has 1 fully saturated rings. The molecule has 2 amide bonds. The zero-order chi connectivity index (χ0) is 20.4. The third-order valence-electron chi connectivity index (χ3n) is 5.05. The van der Waals surface area contributed by atoms with E-state index in [2.05, 4.69) is 12.2 Å². The number of nitrogens with zero attached hydrogens (tertiary/aromatic N) is 1. The van der Waals surface area contributed by atoms with Gasteiger partial charge in [0.1, 0.15) is 11.8 Å². The van der Waals surface area contributed by atoms with E-state index >= 15 is 0 Å². The van der Waals surface area contributed by atoms with E-state index in [1.165, 1.54) is 0 Å². The molecule has 1 N–H and O–H groups in total. The second-order valence-electron chi connectivity index (χ2n) is 8.49. The van der Waals surface area contributed by atoms with E-state index < -0.39 is 11.5 Å². The van der Waals surface area contributed by atoms with Gasteiger partial charge >= 0.3 is 0 Å². The van der Waals surface area contributed by atoms with Crippen molar-refractivity contribution in [1.29, 1.82) is 0 Å². The lowest BCUT2D eigenvalue weighted by molar-refractivity contribution is -0.140. The van der Waals surface area contributed by atoms with Gasteiger partial charge in [-0.15, -0.1) is 0 Å². The number of carbonyl (C=O) groups excluding carboxylic acids is 4. The molecule has 0 aromatic rings. The van der Waals surface area contributed by atoms with Crippen LogP contribution in [0.2, 0.25) is 0 Å². The third-order valence-corrected chi connectivity index (χ3v) is 5.05. The molecular formula is C21H36N2O4. The highest BCUT2D eigenvalue weighted by atomic mass is 16.2. The molecule has 1 saturated heterocycles. The van der Waals surface area contributed by atoms with Gasteiger partial charge in [0, 0.05) is 31.2 Å². The average Bonchev–Trinajstić information content (AvgIpc) is 3.10. The fourth-order valence-corrected chi connectivity index (χ4v) is 3.22. The van der Waals surface area contributed by atoms with Crippen LogP contribution in [-0.4, -0.2) is 47.4 Å². The third kappa shape index (κ3) is 8.22. The van der Waals surface area contributed by atoms with Crippen molar-refractivity contribution < 1.29 is 19.2 Å². The summed E-state index contributed by atoms with van der Waals surface area (Å²) in [6.07, 6.45) is 6.33. The molecule has 0 saturated carbocycles. The SMILES string of the molecule is CCCCCCC(=O)CNC(=O)[C@@H]1CCCN1C(=O)CCC(=O)C(C)(C)C.